The molecule has 0 atom stereocenters. The molecule has 0 saturated heterocycles. The Kier molecular flexibility index (Phi) is 4.74. The maximum atomic E-state index is 12.9. The number of hydrogen-bond donors (Lipinski definition) is 2. The highest BCUT2D eigenvalue weighted by molar-refractivity contribution is 7.13. The van der Waals surface area contributed by atoms with E-state index in [1.807, 2.05) is 23.6 Å². The van der Waals surface area contributed by atoms with Gasteiger partial charge in [-0.25, -0.2) is 4.98 Å². The van der Waals surface area contributed by atoms with Crippen LogP contribution in [0.1, 0.15) is 16.8 Å². The van der Waals surface area contributed by atoms with Crippen molar-refractivity contribution in [2.75, 3.05) is 6.54 Å². The average molecular weight is 439 g/mol. The van der Waals surface area contributed by atoms with Crippen LogP contribution < -0.4 is 5.56 Å². The Morgan fingerprint density at radius 2 is 1.81 bits per heavy atom. The Morgan fingerprint density at radius 1 is 0.969 bits per heavy atom. The van der Waals surface area contributed by atoms with Crippen LogP contribution in [0.3, 0.4) is 0 Å². The normalized spacial score (nSPS) is 14.0. The molecule has 3 aromatic heterocycles. The fourth-order valence-corrected chi connectivity index (χ4v) is 5.25. The highest BCUT2D eigenvalue weighted by Crippen LogP contribution is 2.32. The minimum atomic E-state index is -0.0229. The number of para-hydroxylation sites is 1. The van der Waals surface area contributed by atoms with Crippen molar-refractivity contribution in [2.24, 2.45) is 0 Å². The molecule has 2 aromatic carbocycles. The largest absolute Gasteiger partial charge is 0.354 e. The van der Waals surface area contributed by atoms with Gasteiger partial charge in [-0.2, -0.15) is 0 Å². The lowest BCUT2D eigenvalue weighted by Gasteiger charge is -2.28. The van der Waals surface area contributed by atoms with E-state index in [0.29, 0.717) is 12.4 Å². The quantitative estimate of drug-likeness (QED) is 0.405. The maximum absolute atomic E-state index is 12.9. The lowest BCUT2D eigenvalue weighted by molar-refractivity contribution is 0.243. The molecule has 5 nitrogen and oxygen atoms in total. The fourth-order valence-electron chi connectivity index (χ4n) is 4.59. The van der Waals surface area contributed by atoms with Crippen molar-refractivity contribution in [3.8, 4) is 22.0 Å². The molecule has 0 bridgehead atoms. The van der Waals surface area contributed by atoms with Crippen molar-refractivity contribution in [1.82, 2.24) is 19.9 Å². The van der Waals surface area contributed by atoms with Crippen LogP contribution in [-0.4, -0.2) is 26.4 Å². The fraction of sp³-hybridized carbons (Fsp3) is 0.154. The summed E-state index contributed by atoms with van der Waals surface area (Å²) in [6, 6.07) is 22.9. The van der Waals surface area contributed by atoms with Gasteiger partial charge in [0.1, 0.15) is 0 Å². The summed E-state index contributed by atoms with van der Waals surface area (Å²) < 4.78 is 0. The summed E-state index contributed by atoms with van der Waals surface area (Å²) >= 11 is 1.59. The van der Waals surface area contributed by atoms with Crippen molar-refractivity contribution in [3.05, 3.63) is 99.3 Å². The molecule has 0 aliphatic carbocycles. The topological polar surface area (TPSA) is 64.8 Å². The standard InChI is InChI=1S/C26H22N4OS/c31-26-20-16-30(13-12-22(20)28-25(29-26)23-11-6-14-32-23)15-19-18-9-4-5-10-21(18)27-24(19)17-7-2-1-3-8-17/h1-11,14,27H,12-13,15-16H2,(H,28,29,31). The van der Waals surface area contributed by atoms with Crippen LogP contribution in [0.5, 0.6) is 0 Å². The molecule has 1 aliphatic rings. The predicted molar refractivity (Wildman–Crippen MR) is 130 cm³/mol. The number of hydrogen-bond acceptors (Lipinski definition) is 4. The van der Waals surface area contributed by atoms with E-state index in [4.69, 9.17) is 4.98 Å². The van der Waals surface area contributed by atoms with Crippen LogP contribution >= 0.6 is 11.3 Å². The molecule has 0 unspecified atom stereocenters. The molecule has 0 spiro atoms. The molecule has 2 N–H and O–H groups in total. The zero-order valence-electron chi connectivity index (χ0n) is 17.5. The van der Waals surface area contributed by atoms with Crippen LogP contribution in [0.2, 0.25) is 0 Å². The second kappa shape index (κ2) is 7.89. The number of H-pyrrole nitrogens is 2. The van der Waals surface area contributed by atoms with Gasteiger partial charge in [0.05, 0.1) is 21.8 Å². The molecule has 158 valence electrons. The second-order valence-electron chi connectivity index (χ2n) is 8.17. The molecule has 1 aliphatic heterocycles. The minimum Gasteiger partial charge on any atom is -0.354 e. The predicted octanol–water partition coefficient (Wildman–Crippen LogP) is 5.21. The van der Waals surface area contributed by atoms with E-state index in [0.717, 1.165) is 46.9 Å². The first-order chi connectivity index (χ1) is 15.8. The number of aromatic nitrogens is 3. The van der Waals surface area contributed by atoms with Crippen molar-refractivity contribution < 1.29 is 0 Å². The molecule has 4 heterocycles. The average Bonchev–Trinajstić information content (AvgIpc) is 3.49. The van der Waals surface area contributed by atoms with Gasteiger partial charge in [0.25, 0.3) is 5.56 Å². The van der Waals surface area contributed by atoms with Crippen LogP contribution in [0.25, 0.3) is 32.9 Å². The molecule has 6 heteroatoms. The summed E-state index contributed by atoms with van der Waals surface area (Å²) in [5.41, 5.74) is 6.43. The first-order valence-corrected chi connectivity index (χ1v) is 11.7. The van der Waals surface area contributed by atoms with Gasteiger partial charge in [-0.15, -0.1) is 11.3 Å². The lowest BCUT2D eigenvalue weighted by atomic mass is 10.0. The van der Waals surface area contributed by atoms with Gasteiger partial charge in [0.15, 0.2) is 5.82 Å². The van der Waals surface area contributed by atoms with Crippen molar-refractivity contribution in [2.45, 2.75) is 19.5 Å². The Balaban J connectivity index is 1.35. The van der Waals surface area contributed by atoms with Gasteiger partial charge in [-0.3, -0.25) is 9.69 Å². The molecule has 5 aromatic rings. The lowest BCUT2D eigenvalue weighted by Crippen LogP contribution is -2.35. The Hall–Kier alpha value is -3.48. The highest BCUT2D eigenvalue weighted by atomic mass is 32.1. The number of fused-ring (bicyclic) bond motifs is 2. The summed E-state index contributed by atoms with van der Waals surface area (Å²) in [7, 11) is 0. The third-order valence-electron chi connectivity index (χ3n) is 6.16. The van der Waals surface area contributed by atoms with E-state index in [2.05, 4.69) is 63.4 Å². The van der Waals surface area contributed by atoms with Gasteiger partial charge < -0.3 is 9.97 Å². The van der Waals surface area contributed by atoms with Crippen molar-refractivity contribution >= 4 is 22.2 Å². The molecule has 0 saturated carbocycles. The van der Waals surface area contributed by atoms with Crippen molar-refractivity contribution in [3.63, 3.8) is 0 Å². The van der Waals surface area contributed by atoms with Gasteiger partial charge in [-0.05, 0) is 28.6 Å². The van der Waals surface area contributed by atoms with Gasteiger partial charge >= 0.3 is 0 Å². The van der Waals surface area contributed by atoms with E-state index >= 15 is 0 Å². The molecule has 0 amide bonds. The van der Waals surface area contributed by atoms with Gasteiger partial charge in [-0.1, -0.05) is 54.6 Å². The third-order valence-corrected chi connectivity index (χ3v) is 7.04. The van der Waals surface area contributed by atoms with Gasteiger partial charge in [0, 0.05) is 37.0 Å². The van der Waals surface area contributed by atoms with E-state index in [-0.39, 0.29) is 5.56 Å². The Bertz CT molecular complexity index is 1450. The maximum Gasteiger partial charge on any atom is 0.255 e. The Morgan fingerprint density at radius 3 is 2.66 bits per heavy atom. The Labute approximate surface area is 189 Å². The summed E-state index contributed by atoms with van der Waals surface area (Å²) in [5.74, 6) is 0.681. The number of rotatable bonds is 4. The smallest absolute Gasteiger partial charge is 0.255 e. The molecule has 0 radical (unpaired) electrons. The van der Waals surface area contributed by atoms with Gasteiger partial charge in [0.2, 0.25) is 0 Å². The van der Waals surface area contributed by atoms with E-state index < -0.39 is 0 Å². The first-order valence-electron chi connectivity index (χ1n) is 10.8. The third kappa shape index (κ3) is 3.38. The first kappa shape index (κ1) is 19.2. The number of benzene rings is 2. The van der Waals surface area contributed by atoms with E-state index in [1.54, 1.807) is 11.3 Å². The summed E-state index contributed by atoms with van der Waals surface area (Å²) in [6.45, 7) is 2.26. The second-order valence-corrected chi connectivity index (χ2v) is 9.12. The number of nitrogens with zero attached hydrogens (tertiary/aromatic N) is 2. The SMILES string of the molecule is O=c1[nH]c(-c2cccs2)nc2c1CN(Cc1c(-c3ccccc3)[nH]c3ccccc13)CC2. The molecule has 0 fully saturated rings. The number of nitrogens with one attached hydrogen (secondary N) is 2. The van der Waals surface area contributed by atoms with E-state index in [9.17, 15) is 4.79 Å². The zero-order chi connectivity index (χ0) is 21.5. The monoisotopic (exact) mass is 438 g/mol. The highest BCUT2D eigenvalue weighted by Gasteiger charge is 2.24. The van der Waals surface area contributed by atoms with Crippen LogP contribution in [-0.2, 0) is 19.5 Å². The van der Waals surface area contributed by atoms with Crippen molar-refractivity contribution in [1.29, 1.82) is 0 Å². The zero-order valence-corrected chi connectivity index (χ0v) is 18.3. The van der Waals surface area contributed by atoms with Crippen LogP contribution in [0.15, 0.2) is 76.9 Å². The van der Waals surface area contributed by atoms with E-state index in [1.165, 1.54) is 16.5 Å². The number of thiophene rings is 1. The molecule has 6 rings (SSSR count). The number of aromatic amines is 2. The summed E-state index contributed by atoms with van der Waals surface area (Å²) in [6.07, 6.45) is 0.778. The summed E-state index contributed by atoms with van der Waals surface area (Å²) in [5, 5.41) is 3.24. The van der Waals surface area contributed by atoms with Crippen LogP contribution in [0.4, 0.5) is 0 Å². The minimum absolute atomic E-state index is 0.0229. The molecular formula is C26H22N4OS. The molecule has 32 heavy (non-hydrogen) atoms. The molecular weight excluding hydrogens is 416 g/mol. The summed E-state index contributed by atoms with van der Waals surface area (Å²) in [4.78, 5) is 27.7. The van der Waals surface area contributed by atoms with Crippen LogP contribution in [0, 0.1) is 0 Å².